The molecule has 0 saturated heterocycles. The molecule has 0 saturated carbocycles. The van der Waals surface area contributed by atoms with E-state index in [4.69, 9.17) is 16.6 Å². The van der Waals surface area contributed by atoms with Crippen molar-refractivity contribution in [3.8, 4) is 0 Å². The monoisotopic (exact) mass is 288 g/mol. The van der Waals surface area contributed by atoms with Crippen LogP contribution in [0.15, 0.2) is 0 Å². The van der Waals surface area contributed by atoms with Crippen LogP contribution < -0.4 is 11.5 Å². The minimum absolute atomic E-state index is 0.00916. The Hall–Kier alpha value is -2.00. The van der Waals surface area contributed by atoms with Crippen molar-refractivity contribution in [3.63, 3.8) is 0 Å². The van der Waals surface area contributed by atoms with Gasteiger partial charge in [-0.25, -0.2) is 0 Å². The molecule has 0 aliphatic heterocycles. The molecule has 1 atom stereocenters. The van der Waals surface area contributed by atoms with E-state index in [1.54, 1.807) is 6.92 Å². The largest absolute Gasteiger partial charge is 0.480 e. The Morgan fingerprint density at radius 2 is 1.70 bits per heavy atom. The van der Waals surface area contributed by atoms with Gasteiger partial charge in [0.05, 0.1) is 26.2 Å². The van der Waals surface area contributed by atoms with Gasteiger partial charge in [0.2, 0.25) is 11.8 Å². The van der Waals surface area contributed by atoms with Crippen LogP contribution in [0.3, 0.4) is 0 Å². The minimum Gasteiger partial charge on any atom is -0.480 e. The highest BCUT2D eigenvalue weighted by Gasteiger charge is 2.21. The predicted molar refractivity (Wildman–Crippen MR) is 69.6 cm³/mol. The minimum atomic E-state index is -1.10. The molecule has 0 heterocycles. The molecule has 0 spiro atoms. The van der Waals surface area contributed by atoms with E-state index in [1.165, 1.54) is 9.80 Å². The van der Waals surface area contributed by atoms with E-state index in [0.717, 1.165) is 0 Å². The van der Waals surface area contributed by atoms with Gasteiger partial charge in [0.15, 0.2) is 0 Å². The van der Waals surface area contributed by atoms with E-state index in [1.807, 2.05) is 0 Å². The fourth-order valence-corrected chi connectivity index (χ4v) is 1.76. The fourth-order valence-electron chi connectivity index (χ4n) is 1.76. The zero-order valence-corrected chi connectivity index (χ0v) is 11.3. The number of rotatable bonds is 11. The van der Waals surface area contributed by atoms with Crippen LogP contribution in [0.5, 0.6) is 0 Å². The topological polar surface area (TPSA) is 147 Å². The van der Waals surface area contributed by atoms with Crippen LogP contribution in [0, 0.1) is 0 Å². The van der Waals surface area contributed by atoms with Crippen molar-refractivity contribution < 1.29 is 24.3 Å². The van der Waals surface area contributed by atoms with Crippen molar-refractivity contribution in [2.75, 3.05) is 32.7 Å². The van der Waals surface area contributed by atoms with Crippen LogP contribution >= 0.6 is 0 Å². The second-order valence-corrected chi connectivity index (χ2v) is 4.44. The van der Waals surface area contributed by atoms with Crippen LogP contribution in [0.1, 0.15) is 6.92 Å². The van der Waals surface area contributed by atoms with Gasteiger partial charge in [-0.1, -0.05) is 0 Å². The average molecular weight is 288 g/mol. The summed E-state index contributed by atoms with van der Waals surface area (Å²) in [6, 6.07) is -0.391. The maximum atomic E-state index is 10.9. The Kier molecular flexibility index (Phi) is 8.09. The van der Waals surface area contributed by atoms with Gasteiger partial charge in [0.1, 0.15) is 6.29 Å². The number of aliphatic carboxylic acids is 1. The van der Waals surface area contributed by atoms with Gasteiger partial charge in [-0.05, 0) is 6.92 Å². The summed E-state index contributed by atoms with van der Waals surface area (Å²) in [6.07, 6.45) is 0.616. The molecule has 0 aliphatic carbocycles. The van der Waals surface area contributed by atoms with E-state index >= 15 is 0 Å². The molecule has 0 bridgehead atoms. The highest BCUT2D eigenvalue weighted by Crippen LogP contribution is 2.02. The number of carboxylic acids is 1. The van der Waals surface area contributed by atoms with Gasteiger partial charge in [-0.15, -0.1) is 0 Å². The van der Waals surface area contributed by atoms with Crippen molar-refractivity contribution in [1.29, 1.82) is 0 Å². The molecule has 0 rings (SSSR count). The van der Waals surface area contributed by atoms with E-state index in [-0.39, 0.29) is 32.7 Å². The maximum absolute atomic E-state index is 10.9. The van der Waals surface area contributed by atoms with E-state index in [0.29, 0.717) is 6.29 Å². The number of aldehydes is 1. The summed E-state index contributed by atoms with van der Waals surface area (Å²) in [6.45, 7) is 1.16. The Morgan fingerprint density at radius 1 is 1.15 bits per heavy atom. The summed E-state index contributed by atoms with van der Waals surface area (Å²) in [5.41, 5.74) is 10.1. The van der Waals surface area contributed by atoms with E-state index in [2.05, 4.69) is 0 Å². The molecule has 0 unspecified atom stereocenters. The zero-order valence-electron chi connectivity index (χ0n) is 11.3. The Balaban J connectivity index is 4.70. The fraction of sp³-hybridized carbons (Fsp3) is 0.636. The molecular formula is C11H20N4O5. The number of carbonyl (C=O) groups is 4. The molecule has 0 aromatic carbocycles. The number of nitrogens with two attached hydrogens (primary N) is 2. The molecule has 9 heteroatoms. The van der Waals surface area contributed by atoms with Crippen molar-refractivity contribution in [2.45, 2.75) is 13.0 Å². The molecule has 9 nitrogen and oxygen atoms in total. The third-order valence-electron chi connectivity index (χ3n) is 2.56. The summed E-state index contributed by atoms with van der Waals surface area (Å²) >= 11 is 0. The van der Waals surface area contributed by atoms with Crippen LogP contribution in [0.2, 0.25) is 0 Å². The third-order valence-corrected chi connectivity index (χ3v) is 2.56. The van der Waals surface area contributed by atoms with E-state index in [9.17, 15) is 19.2 Å². The summed E-state index contributed by atoms with van der Waals surface area (Å²) in [5, 5.41) is 8.79. The van der Waals surface area contributed by atoms with Crippen LogP contribution in [-0.2, 0) is 19.2 Å². The first-order valence-corrected chi connectivity index (χ1v) is 5.94. The number of primary amides is 2. The standard InChI is InChI=1S/C11H20N4O5/c1-8(4-14(2-3-16)5-9(12)17)15(6-10(13)18)7-11(19)20/h3,8H,2,4-7H2,1H3,(H2,12,17)(H2,13,18)(H,19,20)/t8-/m0/s1. The molecule has 0 aromatic rings. The second-order valence-electron chi connectivity index (χ2n) is 4.44. The lowest BCUT2D eigenvalue weighted by molar-refractivity contribution is -0.139. The van der Waals surface area contributed by atoms with Crippen molar-refractivity contribution in [3.05, 3.63) is 0 Å². The molecule has 5 N–H and O–H groups in total. The number of hydrogen-bond acceptors (Lipinski definition) is 6. The van der Waals surface area contributed by atoms with Crippen LogP contribution in [0.4, 0.5) is 0 Å². The number of amides is 2. The van der Waals surface area contributed by atoms with Crippen molar-refractivity contribution in [2.24, 2.45) is 11.5 Å². The molecule has 0 fully saturated rings. The lowest BCUT2D eigenvalue weighted by Gasteiger charge is -2.30. The van der Waals surface area contributed by atoms with Crippen LogP contribution in [0.25, 0.3) is 0 Å². The summed E-state index contributed by atoms with van der Waals surface area (Å²) in [5.74, 6) is -2.36. The quantitative estimate of drug-likeness (QED) is 0.349. The highest BCUT2D eigenvalue weighted by molar-refractivity contribution is 5.77. The molecule has 0 radical (unpaired) electrons. The normalized spacial score (nSPS) is 12.3. The first kappa shape index (κ1) is 18.0. The number of hydrogen-bond donors (Lipinski definition) is 3. The molecular weight excluding hydrogens is 268 g/mol. The van der Waals surface area contributed by atoms with Gasteiger partial charge in [-0.2, -0.15) is 0 Å². The summed E-state index contributed by atoms with van der Waals surface area (Å²) in [4.78, 5) is 45.9. The van der Waals surface area contributed by atoms with Gasteiger partial charge in [0, 0.05) is 12.6 Å². The Morgan fingerprint density at radius 3 is 2.10 bits per heavy atom. The van der Waals surface area contributed by atoms with Gasteiger partial charge >= 0.3 is 5.97 Å². The third kappa shape index (κ3) is 8.16. The zero-order chi connectivity index (χ0) is 15.7. The first-order chi connectivity index (χ1) is 9.26. The van der Waals surface area contributed by atoms with Gasteiger partial charge in [-0.3, -0.25) is 24.2 Å². The second kappa shape index (κ2) is 8.99. The maximum Gasteiger partial charge on any atom is 0.317 e. The lowest BCUT2D eigenvalue weighted by Crippen LogP contribution is -2.49. The molecule has 0 aliphatic rings. The highest BCUT2D eigenvalue weighted by atomic mass is 16.4. The van der Waals surface area contributed by atoms with Gasteiger partial charge < -0.3 is 21.4 Å². The number of nitrogens with zero attached hydrogens (tertiary/aromatic N) is 2. The van der Waals surface area contributed by atoms with Crippen LogP contribution in [-0.4, -0.2) is 77.7 Å². The Bertz CT molecular complexity index is 358. The number of carboxylic acid groups (broad SMARTS) is 1. The SMILES string of the molecule is C[C@@H](CN(CC=O)CC(N)=O)N(CC(N)=O)CC(=O)O. The van der Waals surface area contributed by atoms with Crippen molar-refractivity contribution in [1.82, 2.24) is 9.80 Å². The molecule has 2 amide bonds. The lowest BCUT2D eigenvalue weighted by atomic mass is 10.2. The summed E-state index contributed by atoms with van der Waals surface area (Å²) < 4.78 is 0. The van der Waals surface area contributed by atoms with E-state index < -0.39 is 23.8 Å². The predicted octanol–water partition coefficient (Wildman–Crippen LogP) is -2.77. The average Bonchev–Trinajstić information content (AvgIpc) is 2.26. The molecule has 114 valence electrons. The molecule has 0 aromatic heterocycles. The van der Waals surface area contributed by atoms with Crippen molar-refractivity contribution >= 4 is 24.1 Å². The smallest absolute Gasteiger partial charge is 0.317 e. The van der Waals surface area contributed by atoms with Gasteiger partial charge in [0.25, 0.3) is 0 Å². The Labute approximate surface area is 116 Å². The summed E-state index contributed by atoms with van der Waals surface area (Å²) in [7, 11) is 0. The number of carbonyl (C=O) groups excluding carboxylic acids is 3. The first-order valence-electron chi connectivity index (χ1n) is 5.94. The molecule has 20 heavy (non-hydrogen) atoms.